The van der Waals surface area contributed by atoms with Gasteiger partial charge in [0, 0.05) is 44.5 Å². The van der Waals surface area contributed by atoms with E-state index in [0.717, 1.165) is 0 Å². The molecule has 0 bridgehead atoms. The van der Waals surface area contributed by atoms with Crippen molar-refractivity contribution in [3.05, 3.63) is 0 Å². The molecule has 2 aliphatic rings. The molecule has 2 rings (SSSR count). The summed E-state index contributed by atoms with van der Waals surface area (Å²) in [6, 6.07) is 0. The van der Waals surface area contributed by atoms with Gasteiger partial charge in [-0.05, 0) is 0 Å². The van der Waals surface area contributed by atoms with Crippen molar-refractivity contribution in [3.8, 4) is 12.3 Å². The van der Waals surface area contributed by atoms with Crippen LogP contribution in [0.15, 0.2) is 10.2 Å². The van der Waals surface area contributed by atoms with Crippen molar-refractivity contribution in [2.24, 2.45) is 10.2 Å². The Balaban J connectivity index is 1.77. The van der Waals surface area contributed by atoms with Gasteiger partial charge >= 0.3 is 5.97 Å². The van der Waals surface area contributed by atoms with E-state index >= 15 is 0 Å². The lowest BCUT2D eigenvalue weighted by molar-refractivity contribution is -0.138. The average Bonchev–Trinajstić information content (AvgIpc) is 3.23. The molecule has 2 heterocycles. The standard InChI is InChI=1S/C13H17N3O3S/c1-2-3-5-13(14-15-13)6-4-11(17)16-7-8-20-10(9-16)12(18)19/h1,10H,3-9H2,(H,18,19). The zero-order chi connectivity index (χ0) is 14.6. The third-order valence-electron chi connectivity index (χ3n) is 3.49. The molecule has 108 valence electrons. The van der Waals surface area contributed by atoms with Crippen LogP contribution in [0.25, 0.3) is 0 Å². The van der Waals surface area contributed by atoms with Crippen molar-refractivity contribution in [2.75, 3.05) is 18.8 Å². The maximum atomic E-state index is 12.1. The first-order valence-electron chi connectivity index (χ1n) is 6.56. The van der Waals surface area contributed by atoms with Crippen LogP contribution < -0.4 is 0 Å². The molecule has 6 nitrogen and oxygen atoms in total. The second-order valence-corrected chi connectivity index (χ2v) is 6.23. The Kier molecular flexibility index (Phi) is 4.65. The molecule has 1 saturated heterocycles. The van der Waals surface area contributed by atoms with E-state index in [0.29, 0.717) is 38.0 Å². The van der Waals surface area contributed by atoms with Crippen molar-refractivity contribution >= 4 is 23.6 Å². The molecular weight excluding hydrogens is 278 g/mol. The molecule has 1 unspecified atom stereocenters. The van der Waals surface area contributed by atoms with E-state index in [1.807, 2.05) is 0 Å². The van der Waals surface area contributed by atoms with Crippen LogP contribution in [0.4, 0.5) is 0 Å². The summed E-state index contributed by atoms with van der Waals surface area (Å²) in [6.07, 6.45) is 7.40. The molecule has 0 spiro atoms. The monoisotopic (exact) mass is 295 g/mol. The maximum absolute atomic E-state index is 12.1. The number of carbonyl (C=O) groups excluding carboxylic acids is 1. The number of hydrogen-bond acceptors (Lipinski definition) is 5. The highest BCUT2D eigenvalue weighted by Crippen LogP contribution is 2.37. The SMILES string of the molecule is C#CCCC1(CCC(=O)N2CCSC(C(=O)O)C2)N=N1. The number of carboxylic acid groups (broad SMARTS) is 1. The Hall–Kier alpha value is -1.55. The van der Waals surface area contributed by atoms with E-state index in [1.165, 1.54) is 11.8 Å². The first kappa shape index (κ1) is 14.9. The maximum Gasteiger partial charge on any atom is 0.318 e. The third kappa shape index (κ3) is 3.73. The Labute approximate surface area is 122 Å². The number of carboxylic acids is 1. The molecule has 0 radical (unpaired) electrons. The number of aliphatic carboxylic acids is 1. The predicted molar refractivity (Wildman–Crippen MR) is 75.3 cm³/mol. The van der Waals surface area contributed by atoms with Gasteiger partial charge in [0.15, 0.2) is 5.66 Å². The highest BCUT2D eigenvalue weighted by Gasteiger charge is 2.40. The van der Waals surface area contributed by atoms with Crippen LogP contribution in [0.1, 0.15) is 25.7 Å². The molecular formula is C13H17N3O3S. The molecule has 20 heavy (non-hydrogen) atoms. The van der Waals surface area contributed by atoms with Gasteiger partial charge in [-0.15, -0.1) is 24.1 Å². The van der Waals surface area contributed by atoms with E-state index in [2.05, 4.69) is 16.1 Å². The van der Waals surface area contributed by atoms with Crippen LogP contribution in [0, 0.1) is 12.3 Å². The molecule has 7 heteroatoms. The number of amides is 1. The zero-order valence-corrected chi connectivity index (χ0v) is 11.9. The van der Waals surface area contributed by atoms with Gasteiger partial charge in [-0.1, -0.05) is 0 Å². The number of hydrogen-bond donors (Lipinski definition) is 1. The van der Waals surface area contributed by atoms with Crippen LogP contribution in [0.2, 0.25) is 0 Å². The van der Waals surface area contributed by atoms with Crippen molar-refractivity contribution in [2.45, 2.75) is 36.6 Å². The summed E-state index contributed by atoms with van der Waals surface area (Å²) in [5.41, 5.74) is -0.446. The van der Waals surface area contributed by atoms with Crippen LogP contribution in [0.5, 0.6) is 0 Å². The zero-order valence-electron chi connectivity index (χ0n) is 11.1. The summed E-state index contributed by atoms with van der Waals surface area (Å²) >= 11 is 1.39. The smallest absolute Gasteiger partial charge is 0.318 e. The van der Waals surface area contributed by atoms with Crippen LogP contribution >= 0.6 is 11.8 Å². The van der Waals surface area contributed by atoms with Crippen molar-refractivity contribution in [1.82, 2.24) is 4.90 Å². The summed E-state index contributed by atoms with van der Waals surface area (Å²) < 4.78 is 0. The molecule has 0 saturated carbocycles. The first-order chi connectivity index (χ1) is 9.56. The van der Waals surface area contributed by atoms with Gasteiger partial charge < -0.3 is 10.0 Å². The predicted octanol–water partition coefficient (Wildman–Crippen LogP) is 1.37. The van der Waals surface area contributed by atoms with Crippen molar-refractivity contribution in [3.63, 3.8) is 0 Å². The number of rotatable bonds is 6. The molecule has 0 aromatic rings. The molecule has 0 aromatic heterocycles. The Morgan fingerprint density at radius 1 is 1.45 bits per heavy atom. The van der Waals surface area contributed by atoms with Gasteiger partial charge in [-0.25, -0.2) is 0 Å². The van der Waals surface area contributed by atoms with Crippen molar-refractivity contribution in [1.29, 1.82) is 0 Å². The average molecular weight is 295 g/mol. The normalized spacial score (nSPS) is 23.1. The first-order valence-corrected chi connectivity index (χ1v) is 7.61. The molecule has 1 fully saturated rings. The fraction of sp³-hybridized carbons (Fsp3) is 0.692. The largest absolute Gasteiger partial charge is 0.480 e. The Morgan fingerprint density at radius 3 is 2.80 bits per heavy atom. The van der Waals surface area contributed by atoms with Crippen LogP contribution in [-0.2, 0) is 9.59 Å². The minimum Gasteiger partial charge on any atom is -0.480 e. The minimum absolute atomic E-state index is 0.0195. The lowest BCUT2D eigenvalue weighted by Gasteiger charge is -2.30. The molecule has 0 aromatic carbocycles. The Bertz CT molecular complexity index is 466. The van der Waals surface area contributed by atoms with Gasteiger partial charge in [0.1, 0.15) is 5.25 Å². The van der Waals surface area contributed by atoms with E-state index in [1.54, 1.807) is 4.90 Å². The molecule has 1 N–H and O–H groups in total. The summed E-state index contributed by atoms with van der Waals surface area (Å²) in [6.45, 7) is 0.892. The molecule has 0 aliphatic carbocycles. The number of carbonyl (C=O) groups is 2. The number of nitrogens with zero attached hydrogens (tertiary/aromatic N) is 3. The quantitative estimate of drug-likeness (QED) is 0.750. The number of terminal acetylenes is 1. The van der Waals surface area contributed by atoms with Gasteiger partial charge in [-0.2, -0.15) is 10.2 Å². The summed E-state index contributed by atoms with van der Waals surface area (Å²) in [4.78, 5) is 24.7. The summed E-state index contributed by atoms with van der Waals surface area (Å²) in [7, 11) is 0. The summed E-state index contributed by atoms with van der Waals surface area (Å²) in [5, 5.41) is 16.5. The van der Waals surface area contributed by atoms with Crippen LogP contribution in [0.3, 0.4) is 0 Å². The fourth-order valence-corrected chi connectivity index (χ4v) is 3.20. The Morgan fingerprint density at radius 2 is 2.20 bits per heavy atom. The lowest BCUT2D eigenvalue weighted by Crippen LogP contribution is -2.44. The van der Waals surface area contributed by atoms with E-state index in [-0.39, 0.29) is 12.5 Å². The lowest BCUT2D eigenvalue weighted by atomic mass is 10.0. The molecule has 1 amide bonds. The van der Waals surface area contributed by atoms with Crippen LogP contribution in [-0.4, -0.2) is 51.6 Å². The minimum atomic E-state index is -0.856. The van der Waals surface area contributed by atoms with Gasteiger partial charge in [0.25, 0.3) is 0 Å². The third-order valence-corrected chi connectivity index (χ3v) is 4.66. The topological polar surface area (TPSA) is 82.3 Å². The second-order valence-electron chi connectivity index (χ2n) is 4.92. The fourth-order valence-electron chi connectivity index (χ4n) is 2.16. The van der Waals surface area contributed by atoms with Gasteiger partial charge in [0.05, 0.1) is 0 Å². The number of thioether (sulfide) groups is 1. The van der Waals surface area contributed by atoms with Gasteiger partial charge in [-0.3, -0.25) is 9.59 Å². The second kappa shape index (κ2) is 6.27. The van der Waals surface area contributed by atoms with E-state index in [4.69, 9.17) is 11.5 Å². The highest BCUT2D eigenvalue weighted by atomic mass is 32.2. The highest BCUT2D eigenvalue weighted by molar-refractivity contribution is 8.00. The molecule has 2 aliphatic heterocycles. The molecule has 1 atom stereocenters. The van der Waals surface area contributed by atoms with Crippen molar-refractivity contribution < 1.29 is 14.7 Å². The van der Waals surface area contributed by atoms with E-state index < -0.39 is 16.9 Å². The van der Waals surface area contributed by atoms with Gasteiger partial charge in [0.2, 0.25) is 5.91 Å². The van der Waals surface area contributed by atoms with E-state index in [9.17, 15) is 9.59 Å². The summed E-state index contributed by atoms with van der Waals surface area (Å²) in [5.74, 6) is 2.34.